The highest BCUT2D eigenvalue weighted by atomic mass is 127. The molecule has 1 heterocycles. The first-order valence-electron chi connectivity index (χ1n) is 5.58. The maximum absolute atomic E-state index is 11.9. The third-order valence-electron chi connectivity index (χ3n) is 2.29. The number of aromatic nitrogens is 2. The van der Waals surface area contributed by atoms with E-state index >= 15 is 0 Å². The molecule has 0 unspecified atom stereocenters. The molecule has 0 saturated carbocycles. The van der Waals surface area contributed by atoms with Crippen LogP contribution in [0.1, 0.15) is 16.1 Å². The van der Waals surface area contributed by atoms with Crippen molar-refractivity contribution < 1.29 is 4.79 Å². The van der Waals surface area contributed by atoms with E-state index in [0.29, 0.717) is 10.7 Å². The minimum Gasteiger partial charge on any atom is -0.289 e. The first kappa shape index (κ1) is 14.2. The summed E-state index contributed by atoms with van der Waals surface area (Å²) in [6.45, 7) is 1.91. The Hall–Kier alpha value is -1.21. The molecule has 96 valence electrons. The number of aryl methyl sites for hydroxylation is 1. The SMILES string of the molecule is Cc1ccnc(SC=CC(=O)c2ccc(I)cc2)n1. The van der Waals surface area contributed by atoms with Gasteiger partial charge in [0.05, 0.1) is 0 Å². The van der Waals surface area contributed by atoms with Gasteiger partial charge < -0.3 is 0 Å². The summed E-state index contributed by atoms with van der Waals surface area (Å²) in [5, 5.41) is 2.36. The number of hydrogen-bond donors (Lipinski definition) is 0. The summed E-state index contributed by atoms with van der Waals surface area (Å²) in [7, 11) is 0. The van der Waals surface area contributed by atoms with Crippen molar-refractivity contribution in [2.24, 2.45) is 0 Å². The summed E-state index contributed by atoms with van der Waals surface area (Å²) in [6.07, 6.45) is 3.25. The summed E-state index contributed by atoms with van der Waals surface area (Å²) < 4.78 is 1.11. The van der Waals surface area contributed by atoms with E-state index in [-0.39, 0.29) is 5.78 Å². The minimum absolute atomic E-state index is 0.0171. The third kappa shape index (κ3) is 4.43. The summed E-state index contributed by atoms with van der Waals surface area (Å²) in [5.74, 6) is -0.0171. The number of allylic oxidation sites excluding steroid dienone is 1. The number of ketones is 1. The molecular weight excluding hydrogens is 371 g/mol. The number of hydrogen-bond acceptors (Lipinski definition) is 4. The predicted octanol–water partition coefficient (Wildman–Crippen LogP) is 3.88. The van der Waals surface area contributed by atoms with Gasteiger partial charge >= 0.3 is 0 Å². The molecule has 0 spiro atoms. The second-order valence-electron chi connectivity index (χ2n) is 3.77. The number of carbonyl (C=O) groups is 1. The summed E-state index contributed by atoms with van der Waals surface area (Å²) in [4.78, 5) is 20.2. The van der Waals surface area contributed by atoms with Crippen LogP contribution < -0.4 is 0 Å². The van der Waals surface area contributed by atoms with E-state index in [9.17, 15) is 4.79 Å². The van der Waals surface area contributed by atoms with Gasteiger partial charge in [0.15, 0.2) is 10.9 Å². The highest BCUT2D eigenvalue weighted by molar-refractivity contribution is 14.1. The fourth-order valence-electron chi connectivity index (χ4n) is 1.35. The monoisotopic (exact) mass is 382 g/mol. The lowest BCUT2D eigenvalue weighted by molar-refractivity contribution is 0.104. The topological polar surface area (TPSA) is 42.9 Å². The van der Waals surface area contributed by atoms with E-state index in [1.807, 2.05) is 37.3 Å². The molecule has 2 rings (SSSR count). The van der Waals surface area contributed by atoms with Crippen LogP contribution in [0.15, 0.2) is 53.2 Å². The fourth-order valence-corrected chi connectivity index (χ4v) is 2.34. The average Bonchev–Trinajstić information content (AvgIpc) is 2.39. The molecule has 5 heteroatoms. The van der Waals surface area contributed by atoms with Crippen molar-refractivity contribution >= 4 is 40.1 Å². The van der Waals surface area contributed by atoms with Crippen LogP contribution in [-0.2, 0) is 0 Å². The van der Waals surface area contributed by atoms with Gasteiger partial charge in [0.2, 0.25) is 0 Å². The van der Waals surface area contributed by atoms with E-state index in [1.54, 1.807) is 17.7 Å². The highest BCUT2D eigenvalue weighted by Crippen LogP contribution is 2.14. The van der Waals surface area contributed by atoms with Gasteiger partial charge in [-0.3, -0.25) is 4.79 Å². The summed E-state index contributed by atoms with van der Waals surface area (Å²) in [5.41, 5.74) is 1.59. The Balaban J connectivity index is 1.99. The van der Waals surface area contributed by atoms with E-state index < -0.39 is 0 Å². The number of benzene rings is 1. The molecule has 0 amide bonds. The fraction of sp³-hybridized carbons (Fsp3) is 0.0714. The lowest BCUT2D eigenvalue weighted by atomic mass is 10.1. The Kier molecular flexibility index (Phi) is 5.09. The standard InChI is InChI=1S/C14H11IN2OS/c1-10-6-8-16-14(17-10)19-9-7-13(18)11-2-4-12(15)5-3-11/h2-9H,1H3. The molecule has 0 aliphatic rings. The number of rotatable bonds is 4. The van der Waals surface area contributed by atoms with Crippen molar-refractivity contribution in [2.75, 3.05) is 0 Å². The second-order valence-corrected chi connectivity index (χ2v) is 5.89. The highest BCUT2D eigenvalue weighted by Gasteiger charge is 2.01. The molecule has 0 atom stereocenters. The van der Waals surface area contributed by atoms with Crippen LogP contribution >= 0.6 is 34.4 Å². The Labute approximate surface area is 129 Å². The van der Waals surface area contributed by atoms with Crippen LogP contribution in [0.4, 0.5) is 0 Å². The van der Waals surface area contributed by atoms with Crippen LogP contribution in [0.5, 0.6) is 0 Å². The van der Waals surface area contributed by atoms with Gasteiger partial charge in [-0.1, -0.05) is 23.9 Å². The molecule has 0 aliphatic heterocycles. The van der Waals surface area contributed by atoms with Crippen LogP contribution in [0.3, 0.4) is 0 Å². The first-order chi connectivity index (χ1) is 9.15. The van der Waals surface area contributed by atoms with Crippen molar-refractivity contribution in [1.29, 1.82) is 0 Å². The Morgan fingerprint density at radius 1 is 1.26 bits per heavy atom. The average molecular weight is 382 g/mol. The van der Waals surface area contributed by atoms with E-state index in [1.165, 1.54) is 11.8 Å². The lowest BCUT2D eigenvalue weighted by Gasteiger charge is -1.97. The van der Waals surface area contributed by atoms with Crippen LogP contribution in [0.25, 0.3) is 0 Å². The molecule has 19 heavy (non-hydrogen) atoms. The molecule has 1 aromatic carbocycles. The van der Waals surface area contributed by atoms with Gasteiger partial charge in [-0.25, -0.2) is 9.97 Å². The molecule has 2 aromatic rings. The predicted molar refractivity (Wildman–Crippen MR) is 85.3 cm³/mol. The van der Waals surface area contributed by atoms with Gasteiger partial charge in [0, 0.05) is 21.0 Å². The summed E-state index contributed by atoms with van der Waals surface area (Å²) in [6, 6.07) is 9.31. The zero-order valence-corrected chi connectivity index (χ0v) is 13.2. The van der Waals surface area contributed by atoms with Crippen molar-refractivity contribution in [3.63, 3.8) is 0 Å². The van der Waals surface area contributed by atoms with Gasteiger partial charge in [-0.05, 0) is 59.2 Å². The van der Waals surface area contributed by atoms with Gasteiger partial charge in [-0.15, -0.1) is 0 Å². The number of nitrogens with zero attached hydrogens (tertiary/aromatic N) is 2. The maximum atomic E-state index is 11.9. The Morgan fingerprint density at radius 3 is 2.68 bits per heavy atom. The van der Waals surface area contributed by atoms with Gasteiger partial charge in [-0.2, -0.15) is 0 Å². The smallest absolute Gasteiger partial charge is 0.192 e. The molecule has 1 aromatic heterocycles. The van der Waals surface area contributed by atoms with Crippen molar-refractivity contribution in [1.82, 2.24) is 9.97 Å². The van der Waals surface area contributed by atoms with E-state index in [4.69, 9.17) is 0 Å². The Morgan fingerprint density at radius 2 is 2.00 bits per heavy atom. The molecule has 0 fully saturated rings. The molecule has 0 aliphatic carbocycles. The van der Waals surface area contributed by atoms with E-state index in [2.05, 4.69) is 32.6 Å². The zero-order valence-electron chi connectivity index (χ0n) is 10.2. The first-order valence-corrected chi connectivity index (χ1v) is 7.54. The van der Waals surface area contributed by atoms with Crippen molar-refractivity contribution in [2.45, 2.75) is 12.1 Å². The molecule has 0 bridgehead atoms. The molecule has 0 radical (unpaired) electrons. The third-order valence-corrected chi connectivity index (χ3v) is 3.69. The second kappa shape index (κ2) is 6.81. The molecule has 0 saturated heterocycles. The number of carbonyl (C=O) groups excluding carboxylic acids is 1. The lowest BCUT2D eigenvalue weighted by Crippen LogP contribution is -1.93. The van der Waals surface area contributed by atoms with Crippen LogP contribution in [0.2, 0.25) is 0 Å². The minimum atomic E-state index is -0.0171. The molecular formula is C14H11IN2OS. The quantitative estimate of drug-likeness (QED) is 0.265. The maximum Gasteiger partial charge on any atom is 0.192 e. The normalized spacial score (nSPS) is 10.8. The van der Waals surface area contributed by atoms with Gasteiger partial charge in [0.25, 0.3) is 0 Å². The summed E-state index contributed by atoms with van der Waals surface area (Å²) >= 11 is 3.55. The number of thioether (sulfide) groups is 1. The largest absolute Gasteiger partial charge is 0.289 e. The van der Waals surface area contributed by atoms with Crippen LogP contribution in [0, 0.1) is 10.5 Å². The Bertz CT molecular complexity index is 611. The van der Waals surface area contributed by atoms with E-state index in [0.717, 1.165) is 9.26 Å². The molecule has 0 N–H and O–H groups in total. The zero-order chi connectivity index (χ0) is 13.7. The van der Waals surface area contributed by atoms with Gasteiger partial charge in [0.1, 0.15) is 0 Å². The number of halogens is 1. The van der Waals surface area contributed by atoms with Crippen molar-refractivity contribution in [3.05, 3.63) is 62.8 Å². The molecule has 3 nitrogen and oxygen atoms in total. The van der Waals surface area contributed by atoms with Crippen LogP contribution in [-0.4, -0.2) is 15.8 Å². The van der Waals surface area contributed by atoms with Crippen molar-refractivity contribution in [3.8, 4) is 0 Å².